The van der Waals surface area contributed by atoms with Gasteiger partial charge in [-0.1, -0.05) is 42.5 Å². The van der Waals surface area contributed by atoms with E-state index in [1.807, 2.05) is 67.1 Å². The van der Waals surface area contributed by atoms with Crippen LogP contribution in [0, 0.1) is 19.8 Å². The molecule has 0 aliphatic rings. The molecule has 6 heteroatoms. The van der Waals surface area contributed by atoms with Gasteiger partial charge in [-0.25, -0.2) is 0 Å². The fourth-order valence-electron chi connectivity index (χ4n) is 3.23. The van der Waals surface area contributed by atoms with Crippen LogP contribution in [0.3, 0.4) is 0 Å². The first-order chi connectivity index (χ1) is 13.9. The second-order valence-electron chi connectivity index (χ2n) is 7.22. The first kappa shape index (κ1) is 20.3. The van der Waals surface area contributed by atoms with Crippen molar-refractivity contribution in [3.05, 3.63) is 88.7 Å². The molecule has 0 spiro atoms. The molecule has 0 fully saturated rings. The zero-order chi connectivity index (χ0) is 20.8. The number of carbonyl (C=O) groups is 2. The highest BCUT2D eigenvalue weighted by Crippen LogP contribution is 2.11. The lowest BCUT2D eigenvalue weighted by atomic mass is 9.99. The third-order valence-electron chi connectivity index (χ3n) is 4.84. The molecular weight excluding hydrogens is 366 g/mol. The van der Waals surface area contributed by atoms with E-state index >= 15 is 0 Å². The van der Waals surface area contributed by atoms with E-state index in [-0.39, 0.29) is 12.5 Å². The number of hydrogen-bond donors (Lipinski definition) is 2. The first-order valence-corrected chi connectivity index (χ1v) is 9.57. The molecule has 0 saturated carbocycles. The maximum absolute atomic E-state index is 12.4. The fourth-order valence-corrected chi connectivity index (χ4v) is 3.23. The van der Waals surface area contributed by atoms with E-state index in [0.29, 0.717) is 18.5 Å². The Morgan fingerprint density at radius 3 is 2.31 bits per heavy atom. The van der Waals surface area contributed by atoms with Crippen molar-refractivity contribution >= 4 is 11.9 Å². The zero-order valence-electron chi connectivity index (χ0n) is 16.6. The van der Waals surface area contributed by atoms with Crippen molar-refractivity contribution in [2.75, 3.05) is 6.54 Å². The number of carboxylic acids is 1. The van der Waals surface area contributed by atoms with Crippen molar-refractivity contribution in [3.63, 3.8) is 0 Å². The van der Waals surface area contributed by atoms with Crippen LogP contribution in [0.25, 0.3) is 0 Å². The number of carboxylic acid groups (broad SMARTS) is 1. The summed E-state index contributed by atoms with van der Waals surface area (Å²) in [6.45, 7) is 4.69. The average molecular weight is 391 g/mol. The largest absolute Gasteiger partial charge is 0.481 e. The van der Waals surface area contributed by atoms with Gasteiger partial charge in [0.05, 0.1) is 18.2 Å². The summed E-state index contributed by atoms with van der Waals surface area (Å²) in [5, 5.41) is 16.6. The maximum atomic E-state index is 12.4. The normalized spacial score (nSPS) is 11.8. The number of benzene rings is 2. The lowest BCUT2D eigenvalue weighted by Gasteiger charge is -2.14. The molecule has 2 N–H and O–H groups in total. The number of rotatable bonds is 8. The Labute approximate surface area is 170 Å². The Bertz CT molecular complexity index is 978. The lowest BCUT2D eigenvalue weighted by Crippen LogP contribution is -2.34. The maximum Gasteiger partial charge on any atom is 0.308 e. The molecule has 0 radical (unpaired) electrons. The molecule has 1 heterocycles. The molecule has 6 nitrogen and oxygen atoms in total. The summed E-state index contributed by atoms with van der Waals surface area (Å²) in [7, 11) is 0. The Morgan fingerprint density at radius 1 is 1.03 bits per heavy atom. The number of aryl methyl sites for hydroxylation is 2. The number of hydrogen-bond acceptors (Lipinski definition) is 3. The van der Waals surface area contributed by atoms with Gasteiger partial charge in [0.15, 0.2) is 0 Å². The summed E-state index contributed by atoms with van der Waals surface area (Å²) in [5.41, 5.74) is 4.54. The molecule has 1 unspecified atom stereocenters. The summed E-state index contributed by atoms with van der Waals surface area (Å²) in [6.07, 6.45) is 0.373. The van der Waals surface area contributed by atoms with Crippen molar-refractivity contribution in [3.8, 4) is 0 Å². The van der Waals surface area contributed by atoms with Gasteiger partial charge in [-0.3, -0.25) is 14.3 Å². The summed E-state index contributed by atoms with van der Waals surface area (Å²) in [5.74, 6) is -1.87. The van der Waals surface area contributed by atoms with E-state index in [1.165, 1.54) is 0 Å². The number of carbonyl (C=O) groups excluding carboxylic acids is 1. The van der Waals surface area contributed by atoms with E-state index in [1.54, 1.807) is 12.1 Å². The molecule has 150 valence electrons. The Balaban J connectivity index is 1.58. The minimum Gasteiger partial charge on any atom is -0.481 e. The van der Waals surface area contributed by atoms with Gasteiger partial charge >= 0.3 is 5.97 Å². The minimum atomic E-state index is -0.922. The number of nitrogens with one attached hydrogen (secondary N) is 1. The minimum absolute atomic E-state index is 0.0799. The Kier molecular flexibility index (Phi) is 6.44. The van der Waals surface area contributed by atoms with Crippen molar-refractivity contribution in [1.29, 1.82) is 0 Å². The number of amides is 1. The van der Waals surface area contributed by atoms with Crippen molar-refractivity contribution in [1.82, 2.24) is 15.1 Å². The van der Waals surface area contributed by atoms with Crippen LogP contribution in [-0.2, 0) is 17.8 Å². The van der Waals surface area contributed by atoms with Gasteiger partial charge in [0, 0.05) is 17.8 Å². The quantitative estimate of drug-likeness (QED) is 0.617. The molecule has 1 atom stereocenters. The van der Waals surface area contributed by atoms with Gasteiger partial charge in [0.25, 0.3) is 5.91 Å². The zero-order valence-corrected chi connectivity index (χ0v) is 16.6. The third-order valence-corrected chi connectivity index (χ3v) is 4.84. The van der Waals surface area contributed by atoms with Crippen LogP contribution in [0.5, 0.6) is 0 Å². The van der Waals surface area contributed by atoms with Gasteiger partial charge in [0.2, 0.25) is 0 Å². The molecule has 0 bridgehead atoms. The third kappa shape index (κ3) is 5.54. The van der Waals surface area contributed by atoms with E-state index in [9.17, 15) is 14.7 Å². The molecule has 3 rings (SSSR count). The van der Waals surface area contributed by atoms with Crippen LogP contribution in [0.1, 0.15) is 32.9 Å². The van der Waals surface area contributed by atoms with Gasteiger partial charge in [0.1, 0.15) is 0 Å². The van der Waals surface area contributed by atoms with Crippen LogP contribution in [0.2, 0.25) is 0 Å². The Morgan fingerprint density at radius 2 is 1.72 bits per heavy atom. The van der Waals surface area contributed by atoms with Gasteiger partial charge in [-0.15, -0.1) is 0 Å². The number of aliphatic carboxylic acids is 1. The summed E-state index contributed by atoms with van der Waals surface area (Å²) in [4.78, 5) is 24.0. The highest BCUT2D eigenvalue weighted by atomic mass is 16.4. The Hall–Kier alpha value is -3.41. The summed E-state index contributed by atoms with van der Waals surface area (Å²) in [6, 6.07) is 18.7. The van der Waals surface area contributed by atoms with Crippen molar-refractivity contribution < 1.29 is 14.7 Å². The highest BCUT2D eigenvalue weighted by molar-refractivity contribution is 5.94. The molecule has 29 heavy (non-hydrogen) atoms. The monoisotopic (exact) mass is 391 g/mol. The molecule has 0 aliphatic heterocycles. The van der Waals surface area contributed by atoms with Crippen LogP contribution in [-0.4, -0.2) is 33.3 Å². The second-order valence-corrected chi connectivity index (χ2v) is 7.22. The van der Waals surface area contributed by atoms with Crippen LogP contribution >= 0.6 is 0 Å². The standard InChI is InChI=1S/C23H25N3O3/c1-16-12-17(2)26(25-16)15-19-8-10-20(11-9-19)22(27)24-14-21(23(28)29)13-18-6-4-3-5-7-18/h3-12,21H,13-15H2,1-2H3,(H,24,27)(H,28,29). The predicted molar refractivity (Wildman–Crippen MR) is 111 cm³/mol. The topological polar surface area (TPSA) is 84.2 Å². The SMILES string of the molecule is Cc1cc(C)n(Cc2ccc(C(=O)NCC(Cc3ccccc3)C(=O)O)cc2)n1. The van der Waals surface area contributed by atoms with Crippen molar-refractivity contribution in [2.24, 2.45) is 5.92 Å². The van der Waals surface area contributed by atoms with Crippen LogP contribution in [0.4, 0.5) is 0 Å². The molecule has 3 aromatic rings. The van der Waals surface area contributed by atoms with Crippen LogP contribution < -0.4 is 5.32 Å². The van der Waals surface area contributed by atoms with E-state index in [2.05, 4.69) is 10.4 Å². The van der Waals surface area contributed by atoms with Gasteiger partial charge in [-0.05, 0) is 49.6 Å². The molecule has 0 saturated heterocycles. The van der Waals surface area contributed by atoms with Gasteiger partial charge < -0.3 is 10.4 Å². The van der Waals surface area contributed by atoms with Crippen LogP contribution in [0.15, 0.2) is 60.7 Å². The molecular formula is C23H25N3O3. The van der Waals surface area contributed by atoms with E-state index in [0.717, 1.165) is 22.5 Å². The highest BCUT2D eigenvalue weighted by Gasteiger charge is 2.19. The number of nitrogens with zero attached hydrogens (tertiary/aromatic N) is 2. The second kappa shape index (κ2) is 9.19. The lowest BCUT2D eigenvalue weighted by molar-refractivity contribution is -0.141. The number of aromatic nitrogens is 2. The smallest absolute Gasteiger partial charge is 0.308 e. The van der Waals surface area contributed by atoms with E-state index < -0.39 is 11.9 Å². The van der Waals surface area contributed by atoms with E-state index in [4.69, 9.17) is 0 Å². The molecule has 2 aromatic carbocycles. The first-order valence-electron chi connectivity index (χ1n) is 9.57. The summed E-state index contributed by atoms with van der Waals surface area (Å²) >= 11 is 0. The molecule has 1 amide bonds. The van der Waals surface area contributed by atoms with Crippen molar-refractivity contribution in [2.45, 2.75) is 26.8 Å². The van der Waals surface area contributed by atoms with Gasteiger partial charge in [-0.2, -0.15) is 5.10 Å². The molecule has 0 aliphatic carbocycles. The average Bonchev–Trinajstić information content (AvgIpc) is 3.02. The summed E-state index contributed by atoms with van der Waals surface area (Å²) < 4.78 is 1.92. The fraction of sp³-hybridized carbons (Fsp3) is 0.261. The molecule has 1 aromatic heterocycles. The predicted octanol–water partition coefficient (Wildman–Crippen LogP) is 3.22.